The summed E-state index contributed by atoms with van der Waals surface area (Å²) < 4.78 is 18.6. The number of hydrogen-bond acceptors (Lipinski definition) is 3. The van der Waals surface area contributed by atoms with Gasteiger partial charge in [0.25, 0.3) is 0 Å². The first kappa shape index (κ1) is 17.5. The molecule has 2 atom stereocenters. The average molecular weight is 373 g/mol. The molecular weight excluding hydrogens is 349 g/mol. The maximum atomic E-state index is 13.0. The van der Waals surface area contributed by atoms with Crippen LogP contribution in [0.2, 0.25) is 0 Å². The van der Waals surface area contributed by atoms with Crippen LogP contribution < -0.4 is 10.6 Å². The maximum absolute atomic E-state index is 13.0. The molecule has 0 unspecified atom stereocenters. The summed E-state index contributed by atoms with van der Waals surface area (Å²) in [4.78, 5) is 2.61. The Labute approximate surface area is 158 Å². The van der Waals surface area contributed by atoms with Crippen molar-refractivity contribution in [2.24, 2.45) is 0 Å². The predicted molar refractivity (Wildman–Crippen MR) is 104 cm³/mol. The van der Waals surface area contributed by atoms with Crippen molar-refractivity contribution in [1.82, 2.24) is 10.2 Å². The first-order valence-corrected chi connectivity index (χ1v) is 9.69. The van der Waals surface area contributed by atoms with Crippen LogP contribution >= 0.6 is 12.2 Å². The molecule has 0 radical (unpaired) electrons. The van der Waals surface area contributed by atoms with E-state index in [1.54, 1.807) is 18.4 Å². The van der Waals surface area contributed by atoms with Crippen LogP contribution in [0.15, 0.2) is 47.1 Å². The standard InChI is InChI=1S/C20H24FN3OS/c21-14-6-8-15(9-7-14)22-20(26)23-16-11-17-3-1-4-18(12-16)24(17)13-19-5-2-10-25-19/h2,5-10,16-18H,1,3-4,11-13H2,(H2,22,23,26)/t17-,18-/m1/s1. The number of anilines is 1. The summed E-state index contributed by atoms with van der Waals surface area (Å²) in [6.07, 6.45) is 7.68. The van der Waals surface area contributed by atoms with Crippen LogP contribution in [-0.2, 0) is 6.54 Å². The Kier molecular flexibility index (Phi) is 5.22. The van der Waals surface area contributed by atoms with E-state index in [2.05, 4.69) is 21.6 Å². The van der Waals surface area contributed by atoms with Crippen molar-refractivity contribution < 1.29 is 8.81 Å². The zero-order chi connectivity index (χ0) is 17.9. The van der Waals surface area contributed by atoms with Gasteiger partial charge in [0.2, 0.25) is 0 Å². The Morgan fingerprint density at radius 3 is 2.54 bits per heavy atom. The second-order valence-electron chi connectivity index (χ2n) is 7.26. The van der Waals surface area contributed by atoms with Gasteiger partial charge < -0.3 is 15.1 Å². The average Bonchev–Trinajstić information content (AvgIpc) is 3.11. The van der Waals surface area contributed by atoms with Crippen LogP contribution in [0.5, 0.6) is 0 Å². The number of hydrogen-bond donors (Lipinski definition) is 2. The van der Waals surface area contributed by atoms with Gasteiger partial charge in [0.15, 0.2) is 5.11 Å². The van der Waals surface area contributed by atoms with E-state index in [4.69, 9.17) is 16.6 Å². The zero-order valence-electron chi connectivity index (χ0n) is 14.7. The Balaban J connectivity index is 1.34. The molecule has 0 saturated carbocycles. The molecule has 2 bridgehead atoms. The fourth-order valence-electron chi connectivity index (χ4n) is 4.32. The SMILES string of the molecule is Fc1ccc(NC(=S)NC2C[C@H]3CCC[C@H](C2)N3Cc2ccco2)cc1. The molecule has 4 rings (SSSR count). The first-order valence-electron chi connectivity index (χ1n) is 9.28. The Morgan fingerprint density at radius 2 is 1.88 bits per heavy atom. The third-order valence-corrected chi connectivity index (χ3v) is 5.70. The van der Waals surface area contributed by atoms with Gasteiger partial charge in [-0.3, -0.25) is 4.90 Å². The molecule has 4 nitrogen and oxygen atoms in total. The molecule has 2 aliphatic rings. The van der Waals surface area contributed by atoms with Crippen LogP contribution in [0.1, 0.15) is 37.9 Å². The Hall–Kier alpha value is -1.92. The highest BCUT2D eigenvalue weighted by molar-refractivity contribution is 7.80. The van der Waals surface area contributed by atoms with Gasteiger partial charge in [-0.1, -0.05) is 6.42 Å². The zero-order valence-corrected chi connectivity index (χ0v) is 15.5. The van der Waals surface area contributed by atoms with E-state index in [0.717, 1.165) is 30.8 Å². The molecule has 2 N–H and O–H groups in total. The lowest BCUT2D eigenvalue weighted by Crippen LogP contribution is -2.56. The fourth-order valence-corrected chi connectivity index (χ4v) is 4.61. The highest BCUT2D eigenvalue weighted by atomic mass is 32.1. The Morgan fingerprint density at radius 1 is 1.15 bits per heavy atom. The van der Waals surface area contributed by atoms with Crippen LogP contribution in [0.3, 0.4) is 0 Å². The largest absolute Gasteiger partial charge is 0.468 e. The number of rotatable bonds is 4. The fraction of sp³-hybridized carbons (Fsp3) is 0.450. The number of benzene rings is 1. The van der Waals surface area contributed by atoms with Gasteiger partial charge in [-0.25, -0.2) is 4.39 Å². The quantitative estimate of drug-likeness (QED) is 0.783. The van der Waals surface area contributed by atoms with Gasteiger partial charge in [0.05, 0.1) is 12.8 Å². The monoisotopic (exact) mass is 373 g/mol. The molecule has 3 heterocycles. The summed E-state index contributed by atoms with van der Waals surface area (Å²) in [5.41, 5.74) is 0.805. The van der Waals surface area contributed by atoms with Crippen LogP contribution in [0, 0.1) is 5.82 Å². The van der Waals surface area contributed by atoms with E-state index >= 15 is 0 Å². The molecule has 0 aliphatic carbocycles. The lowest BCUT2D eigenvalue weighted by atomic mass is 9.81. The summed E-state index contributed by atoms with van der Waals surface area (Å²) >= 11 is 5.46. The predicted octanol–water partition coefficient (Wildman–Crippen LogP) is 4.29. The number of piperidine rings is 2. The van der Waals surface area contributed by atoms with Crippen molar-refractivity contribution in [1.29, 1.82) is 0 Å². The molecule has 26 heavy (non-hydrogen) atoms. The van der Waals surface area contributed by atoms with E-state index in [0.29, 0.717) is 23.2 Å². The minimum absolute atomic E-state index is 0.244. The van der Waals surface area contributed by atoms with E-state index in [1.807, 2.05) is 6.07 Å². The van der Waals surface area contributed by atoms with E-state index in [1.165, 1.54) is 31.4 Å². The normalized spacial score (nSPS) is 25.7. The third-order valence-electron chi connectivity index (χ3n) is 5.48. The minimum Gasteiger partial charge on any atom is -0.468 e. The second kappa shape index (κ2) is 7.76. The van der Waals surface area contributed by atoms with Crippen molar-refractivity contribution in [3.63, 3.8) is 0 Å². The van der Waals surface area contributed by atoms with Crippen molar-refractivity contribution in [3.05, 3.63) is 54.2 Å². The van der Waals surface area contributed by atoms with Crippen molar-refractivity contribution in [2.75, 3.05) is 5.32 Å². The van der Waals surface area contributed by atoms with Crippen LogP contribution in [0.4, 0.5) is 10.1 Å². The lowest BCUT2D eigenvalue weighted by molar-refractivity contribution is 0.0161. The third kappa shape index (κ3) is 4.07. The molecule has 6 heteroatoms. The molecule has 0 spiro atoms. The van der Waals surface area contributed by atoms with E-state index in [-0.39, 0.29) is 5.82 Å². The number of thiocarbonyl (C=S) groups is 1. The lowest BCUT2D eigenvalue weighted by Gasteiger charge is -2.48. The van der Waals surface area contributed by atoms with Gasteiger partial charge in [-0.15, -0.1) is 0 Å². The van der Waals surface area contributed by atoms with Crippen molar-refractivity contribution >= 4 is 23.0 Å². The van der Waals surface area contributed by atoms with Gasteiger partial charge >= 0.3 is 0 Å². The molecule has 2 aliphatic heterocycles. The van der Waals surface area contributed by atoms with Gasteiger partial charge in [-0.05, 0) is 74.3 Å². The van der Waals surface area contributed by atoms with Gasteiger partial charge in [0, 0.05) is 23.8 Å². The molecule has 2 aromatic rings. The Bertz CT molecular complexity index is 720. The first-order chi connectivity index (χ1) is 12.7. The molecule has 0 amide bonds. The van der Waals surface area contributed by atoms with E-state index in [9.17, 15) is 4.39 Å². The number of nitrogens with one attached hydrogen (secondary N) is 2. The van der Waals surface area contributed by atoms with Crippen molar-refractivity contribution in [2.45, 2.75) is 56.8 Å². The van der Waals surface area contributed by atoms with Gasteiger partial charge in [-0.2, -0.15) is 0 Å². The molecule has 1 aromatic heterocycles. The highest BCUT2D eigenvalue weighted by Gasteiger charge is 2.38. The van der Waals surface area contributed by atoms with Crippen molar-refractivity contribution in [3.8, 4) is 0 Å². The highest BCUT2D eigenvalue weighted by Crippen LogP contribution is 2.35. The summed E-state index contributed by atoms with van der Waals surface area (Å²) in [5.74, 6) is 0.799. The smallest absolute Gasteiger partial charge is 0.170 e. The van der Waals surface area contributed by atoms with Crippen LogP contribution in [0.25, 0.3) is 0 Å². The number of halogens is 1. The number of fused-ring (bicyclic) bond motifs is 2. The molecule has 2 fully saturated rings. The molecule has 2 saturated heterocycles. The number of furan rings is 1. The van der Waals surface area contributed by atoms with Gasteiger partial charge in [0.1, 0.15) is 11.6 Å². The summed E-state index contributed by atoms with van der Waals surface area (Å²) in [7, 11) is 0. The molecular formula is C20H24FN3OS. The summed E-state index contributed by atoms with van der Waals surface area (Å²) in [6.45, 7) is 0.896. The number of nitrogens with zero attached hydrogens (tertiary/aromatic N) is 1. The van der Waals surface area contributed by atoms with E-state index < -0.39 is 0 Å². The molecule has 1 aromatic carbocycles. The minimum atomic E-state index is -0.244. The molecule has 138 valence electrons. The summed E-state index contributed by atoms with van der Waals surface area (Å²) in [5, 5.41) is 7.23. The van der Waals surface area contributed by atoms with Crippen LogP contribution in [-0.4, -0.2) is 28.1 Å². The second-order valence-corrected chi connectivity index (χ2v) is 7.67. The topological polar surface area (TPSA) is 40.4 Å². The maximum Gasteiger partial charge on any atom is 0.170 e. The summed E-state index contributed by atoms with van der Waals surface area (Å²) in [6, 6.07) is 11.8.